The van der Waals surface area contributed by atoms with Crippen LogP contribution in [-0.4, -0.2) is 87.9 Å². The lowest BCUT2D eigenvalue weighted by Crippen LogP contribution is -2.51. The van der Waals surface area contributed by atoms with Gasteiger partial charge in [-0.2, -0.15) is 0 Å². The molecule has 146 valence electrons. The van der Waals surface area contributed by atoms with Crippen LogP contribution in [0.2, 0.25) is 0 Å². The number of ether oxygens (including phenoxy) is 1. The lowest BCUT2D eigenvalue weighted by atomic mass is 10.2. The largest absolute Gasteiger partial charge is 0.450 e. The first-order valence-electron chi connectivity index (χ1n) is 9.36. The van der Waals surface area contributed by atoms with Crippen molar-refractivity contribution in [1.29, 1.82) is 0 Å². The number of rotatable bonds is 6. The van der Waals surface area contributed by atoms with E-state index in [0.29, 0.717) is 45.0 Å². The minimum atomic E-state index is -0.334. The molecule has 1 aromatic rings. The molecule has 0 N–H and O–H groups in total. The van der Waals surface area contributed by atoms with E-state index in [0.717, 1.165) is 12.8 Å². The molecule has 2 heterocycles. The van der Waals surface area contributed by atoms with E-state index in [9.17, 15) is 14.4 Å². The Kier molecular flexibility index (Phi) is 6.20. The normalized spacial score (nSPS) is 16.8. The van der Waals surface area contributed by atoms with Gasteiger partial charge in [0.1, 0.15) is 5.69 Å². The van der Waals surface area contributed by atoms with Crippen LogP contribution in [0.15, 0.2) is 18.6 Å². The highest BCUT2D eigenvalue weighted by molar-refractivity contribution is 5.92. The zero-order chi connectivity index (χ0) is 19.2. The third kappa shape index (κ3) is 4.93. The Morgan fingerprint density at radius 1 is 1.15 bits per heavy atom. The lowest BCUT2D eigenvalue weighted by molar-refractivity contribution is -0.133. The average molecular weight is 375 g/mol. The fraction of sp³-hybridized carbons (Fsp3) is 0.611. The molecule has 2 fully saturated rings. The van der Waals surface area contributed by atoms with Gasteiger partial charge < -0.3 is 19.4 Å². The van der Waals surface area contributed by atoms with Gasteiger partial charge in [-0.25, -0.2) is 9.78 Å². The summed E-state index contributed by atoms with van der Waals surface area (Å²) in [6, 6.07) is 0.188. The number of amides is 3. The molecule has 0 atom stereocenters. The van der Waals surface area contributed by atoms with Crippen LogP contribution >= 0.6 is 0 Å². The Balaban J connectivity index is 1.49. The number of hydrogen-bond donors (Lipinski definition) is 0. The van der Waals surface area contributed by atoms with Gasteiger partial charge in [-0.1, -0.05) is 0 Å². The molecule has 0 unspecified atom stereocenters. The van der Waals surface area contributed by atoms with Gasteiger partial charge in [-0.3, -0.25) is 14.6 Å². The second-order valence-corrected chi connectivity index (χ2v) is 6.64. The molecule has 0 spiro atoms. The minimum Gasteiger partial charge on any atom is -0.450 e. The quantitative estimate of drug-likeness (QED) is 0.729. The summed E-state index contributed by atoms with van der Waals surface area (Å²) >= 11 is 0. The van der Waals surface area contributed by atoms with E-state index < -0.39 is 0 Å². The maximum absolute atomic E-state index is 12.6. The van der Waals surface area contributed by atoms with Crippen LogP contribution in [0.5, 0.6) is 0 Å². The molecule has 1 aromatic heterocycles. The van der Waals surface area contributed by atoms with Crippen LogP contribution in [-0.2, 0) is 9.53 Å². The Bertz CT molecular complexity index is 672. The van der Waals surface area contributed by atoms with Crippen LogP contribution in [0, 0.1) is 0 Å². The standard InChI is InChI=1S/C18H25N5O4/c1-2-27-18(26)22-11-9-21(10-12-22)16(24)5-8-23(14-3-4-14)17(25)15-13-19-6-7-20-15/h6-7,13-14H,2-5,8-12H2,1H3. The first-order chi connectivity index (χ1) is 13.1. The van der Waals surface area contributed by atoms with Gasteiger partial charge in [0.05, 0.1) is 12.8 Å². The highest BCUT2D eigenvalue weighted by Gasteiger charge is 2.34. The predicted molar refractivity (Wildman–Crippen MR) is 95.9 cm³/mol. The summed E-state index contributed by atoms with van der Waals surface area (Å²) in [5, 5.41) is 0. The third-order valence-electron chi connectivity index (χ3n) is 4.76. The number of hydrogen-bond acceptors (Lipinski definition) is 6. The van der Waals surface area contributed by atoms with Crippen molar-refractivity contribution in [3.8, 4) is 0 Å². The van der Waals surface area contributed by atoms with E-state index in [1.807, 2.05) is 0 Å². The molecule has 1 saturated carbocycles. The van der Waals surface area contributed by atoms with E-state index in [4.69, 9.17) is 4.74 Å². The second kappa shape index (κ2) is 8.79. The first kappa shape index (κ1) is 19.1. The van der Waals surface area contributed by atoms with Crippen molar-refractivity contribution in [2.45, 2.75) is 32.2 Å². The van der Waals surface area contributed by atoms with Crippen molar-refractivity contribution in [2.75, 3.05) is 39.3 Å². The molecule has 3 rings (SSSR count). The zero-order valence-electron chi connectivity index (χ0n) is 15.5. The maximum Gasteiger partial charge on any atom is 0.409 e. The lowest BCUT2D eigenvalue weighted by Gasteiger charge is -2.34. The molecule has 0 radical (unpaired) electrons. The van der Waals surface area contributed by atoms with Crippen LogP contribution in [0.3, 0.4) is 0 Å². The Morgan fingerprint density at radius 3 is 2.44 bits per heavy atom. The molecular formula is C18H25N5O4. The topological polar surface area (TPSA) is 95.9 Å². The Labute approximate surface area is 158 Å². The van der Waals surface area contributed by atoms with Crippen molar-refractivity contribution < 1.29 is 19.1 Å². The molecular weight excluding hydrogens is 350 g/mol. The fourth-order valence-corrected chi connectivity index (χ4v) is 3.12. The number of nitrogens with zero attached hydrogens (tertiary/aromatic N) is 5. The molecule has 1 aliphatic carbocycles. The van der Waals surface area contributed by atoms with Gasteiger partial charge in [0.2, 0.25) is 5.91 Å². The molecule has 1 aliphatic heterocycles. The Hall–Kier alpha value is -2.71. The molecule has 0 aromatic carbocycles. The summed E-state index contributed by atoms with van der Waals surface area (Å²) < 4.78 is 4.99. The van der Waals surface area contributed by atoms with E-state index in [2.05, 4.69) is 9.97 Å². The zero-order valence-corrected chi connectivity index (χ0v) is 15.5. The number of carbonyl (C=O) groups is 3. The average Bonchev–Trinajstić information content (AvgIpc) is 3.54. The molecule has 3 amide bonds. The number of carbonyl (C=O) groups excluding carboxylic acids is 3. The van der Waals surface area contributed by atoms with Crippen LogP contribution in [0.25, 0.3) is 0 Å². The van der Waals surface area contributed by atoms with Gasteiger partial charge in [0.25, 0.3) is 5.91 Å². The maximum atomic E-state index is 12.6. The summed E-state index contributed by atoms with van der Waals surface area (Å²) in [5.41, 5.74) is 0.305. The summed E-state index contributed by atoms with van der Waals surface area (Å²) in [6.45, 7) is 4.39. The fourth-order valence-electron chi connectivity index (χ4n) is 3.12. The van der Waals surface area contributed by atoms with Crippen molar-refractivity contribution in [2.24, 2.45) is 0 Å². The van der Waals surface area contributed by atoms with Gasteiger partial charge in [0, 0.05) is 57.6 Å². The molecule has 1 saturated heterocycles. The van der Waals surface area contributed by atoms with Crippen LogP contribution in [0.1, 0.15) is 36.7 Å². The number of aromatic nitrogens is 2. The SMILES string of the molecule is CCOC(=O)N1CCN(C(=O)CCN(C(=O)c2cnccn2)C2CC2)CC1. The molecule has 9 nitrogen and oxygen atoms in total. The summed E-state index contributed by atoms with van der Waals surface area (Å²) in [4.78, 5) is 50.0. The van der Waals surface area contributed by atoms with Crippen LogP contribution < -0.4 is 0 Å². The Morgan fingerprint density at radius 2 is 1.85 bits per heavy atom. The van der Waals surface area contributed by atoms with Crippen LogP contribution in [0.4, 0.5) is 4.79 Å². The van der Waals surface area contributed by atoms with Crippen molar-refractivity contribution in [3.63, 3.8) is 0 Å². The highest BCUT2D eigenvalue weighted by atomic mass is 16.6. The van der Waals surface area contributed by atoms with Gasteiger partial charge in [0.15, 0.2) is 0 Å². The van der Waals surface area contributed by atoms with E-state index in [1.54, 1.807) is 21.6 Å². The van der Waals surface area contributed by atoms with Gasteiger partial charge in [-0.15, -0.1) is 0 Å². The second-order valence-electron chi connectivity index (χ2n) is 6.64. The van der Waals surface area contributed by atoms with Crippen molar-refractivity contribution in [1.82, 2.24) is 24.7 Å². The molecule has 27 heavy (non-hydrogen) atoms. The molecule has 2 aliphatic rings. The monoisotopic (exact) mass is 375 g/mol. The van der Waals surface area contributed by atoms with E-state index in [1.165, 1.54) is 18.6 Å². The minimum absolute atomic E-state index is 0.00361. The van der Waals surface area contributed by atoms with Gasteiger partial charge >= 0.3 is 6.09 Å². The summed E-state index contributed by atoms with van der Waals surface area (Å²) in [5.74, 6) is -0.179. The van der Waals surface area contributed by atoms with Gasteiger partial charge in [-0.05, 0) is 19.8 Å². The molecule has 9 heteroatoms. The first-order valence-corrected chi connectivity index (χ1v) is 9.36. The van der Waals surface area contributed by atoms with Crippen molar-refractivity contribution in [3.05, 3.63) is 24.3 Å². The van der Waals surface area contributed by atoms with E-state index in [-0.39, 0.29) is 30.4 Å². The van der Waals surface area contributed by atoms with Crippen molar-refractivity contribution >= 4 is 17.9 Å². The number of piperazine rings is 1. The summed E-state index contributed by atoms with van der Waals surface area (Å²) in [6.07, 6.45) is 6.32. The molecule has 0 bridgehead atoms. The third-order valence-corrected chi connectivity index (χ3v) is 4.76. The van der Waals surface area contributed by atoms with E-state index >= 15 is 0 Å². The smallest absolute Gasteiger partial charge is 0.409 e. The highest BCUT2D eigenvalue weighted by Crippen LogP contribution is 2.28. The predicted octanol–water partition coefficient (Wildman–Crippen LogP) is 0.772. The summed E-state index contributed by atoms with van der Waals surface area (Å²) in [7, 11) is 0.